The first kappa shape index (κ1) is 11.7. The third-order valence-corrected chi connectivity index (χ3v) is 2.38. The van der Waals surface area contributed by atoms with E-state index in [4.69, 9.17) is 16.6 Å². The normalized spacial score (nSPS) is 9.73. The second-order valence-corrected chi connectivity index (χ2v) is 3.30. The molecule has 1 amide bonds. The van der Waals surface area contributed by atoms with Crippen molar-refractivity contribution in [3.05, 3.63) is 24.2 Å². The van der Waals surface area contributed by atoms with Crippen molar-refractivity contribution in [1.82, 2.24) is 10.2 Å². The maximum Gasteiger partial charge on any atom is 0.293 e. The Kier molecular flexibility index (Phi) is 4.30. The Labute approximate surface area is 94.2 Å². The van der Waals surface area contributed by atoms with Gasteiger partial charge in [0, 0.05) is 13.1 Å². The summed E-state index contributed by atoms with van der Waals surface area (Å²) in [5.41, 5.74) is 0. The van der Waals surface area contributed by atoms with Crippen molar-refractivity contribution >= 4 is 23.2 Å². The van der Waals surface area contributed by atoms with Gasteiger partial charge >= 0.3 is 0 Å². The molecule has 0 spiro atoms. The van der Waals surface area contributed by atoms with Crippen LogP contribution in [0.25, 0.3) is 0 Å². The monoisotopic (exact) mass is 226 g/mol. The van der Waals surface area contributed by atoms with Crippen LogP contribution in [0.15, 0.2) is 22.8 Å². The zero-order chi connectivity index (χ0) is 11.3. The maximum absolute atomic E-state index is 11.5. The Morgan fingerprint density at radius 2 is 2.20 bits per heavy atom. The standard InChI is InChI=1S/C10H14N2O2S/c1-3-12(4-2)10(15)11-9(13)8-6-5-7-14-8/h5-7H,3-4H2,1-2H3,(H,11,13,15). The first-order valence-electron chi connectivity index (χ1n) is 4.82. The van der Waals surface area contributed by atoms with Gasteiger partial charge in [-0.2, -0.15) is 0 Å². The molecule has 0 fully saturated rings. The van der Waals surface area contributed by atoms with Crippen LogP contribution in [0.3, 0.4) is 0 Å². The summed E-state index contributed by atoms with van der Waals surface area (Å²) in [7, 11) is 0. The molecule has 0 aliphatic carbocycles. The fraction of sp³-hybridized carbons (Fsp3) is 0.400. The fourth-order valence-corrected chi connectivity index (χ4v) is 1.51. The summed E-state index contributed by atoms with van der Waals surface area (Å²) in [5.74, 6) is -0.0404. The number of furan rings is 1. The number of rotatable bonds is 3. The lowest BCUT2D eigenvalue weighted by atomic mass is 10.4. The minimum Gasteiger partial charge on any atom is -0.459 e. The van der Waals surface area contributed by atoms with Gasteiger partial charge in [0.2, 0.25) is 0 Å². The zero-order valence-electron chi connectivity index (χ0n) is 8.82. The molecule has 0 bridgehead atoms. The third kappa shape index (κ3) is 3.06. The van der Waals surface area contributed by atoms with Crippen LogP contribution in [0.5, 0.6) is 0 Å². The van der Waals surface area contributed by atoms with Crippen LogP contribution in [0, 0.1) is 0 Å². The van der Waals surface area contributed by atoms with Crippen LogP contribution in [-0.4, -0.2) is 29.0 Å². The van der Waals surface area contributed by atoms with Gasteiger partial charge in [0.1, 0.15) is 0 Å². The first-order chi connectivity index (χ1) is 7.19. The highest BCUT2D eigenvalue weighted by Crippen LogP contribution is 2.00. The van der Waals surface area contributed by atoms with Crippen molar-refractivity contribution in [2.75, 3.05) is 13.1 Å². The molecule has 0 aliphatic rings. The van der Waals surface area contributed by atoms with E-state index in [1.807, 2.05) is 18.7 Å². The number of carbonyl (C=O) groups is 1. The average Bonchev–Trinajstić information content (AvgIpc) is 2.72. The third-order valence-electron chi connectivity index (χ3n) is 2.02. The lowest BCUT2D eigenvalue weighted by molar-refractivity contribution is 0.0946. The van der Waals surface area contributed by atoms with Gasteiger partial charge in [-0.3, -0.25) is 10.1 Å². The summed E-state index contributed by atoms with van der Waals surface area (Å²) in [4.78, 5) is 13.4. The second-order valence-electron chi connectivity index (χ2n) is 2.91. The highest BCUT2D eigenvalue weighted by atomic mass is 32.1. The van der Waals surface area contributed by atoms with E-state index < -0.39 is 0 Å². The topological polar surface area (TPSA) is 45.5 Å². The molecule has 1 aromatic heterocycles. The molecular weight excluding hydrogens is 212 g/mol. The quantitative estimate of drug-likeness (QED) is 0.796. The molecule has 1 heterocycles. The minimum absolute atomic E-state index is 0.268. The van der Waals surface area contributed by atoms with Crippen LogP contribution in [-0.2, 0) is 0 Å². The van der Waals surface area contributed by atoms with Crippen molar-refractivity contribution in [3.8, 4) is 0 Å². The molecule has 5 heteroatoms. The van der Waals surface area contributed by atoms with Crippen LogP contribution in [0.1, 0.15) is 24.4 Å². The van der Waals surface area contributed by atoms with E-state index >= 15 is 0 Å². The molecular formula is C10H14N2O2S. The average molecular weight is 226 g/mol. The molecule has 1 aromatic rings. The predicted molar refractivity (Wildman–Crippen MR) is 61.7 cm³/mol. The molecule has 15 heavy (non-hydrogen) atoms. The summed E-state index contributed by atoms with van der Waals surface area (Å²) in [6, 6.07) is 3.26. The van der Waals surface area contributed by atoms with Gasteiger partial charge in [-0.25, -0.2) is 0 Å². The van der Waals surface area contributed by atoms with Gasteiger partial charge in [0.05, 0.1) is 6.26 Å². The maximum atomic E-state index is 11.5. The molecule has 0 saturated carbocycles. The van der Waals surface area contributed by atoms with Gasteiger partial charge in [0.15, 0.2) is 10.9 Å². The van der Waals surface area contributed by atoms with Crippen LogP contribution in [0.4, 0.5) is 0 Å². The Balaban J connectivity index is 2.55. The van der Waals surface area contributed by atoms with E-state index in [1.165, 1.54) is 6.26 Å². The van der Waals surface area contributed by atoms with Gasteiger partial charge in [-0.1, -0.05) is 0 Å². The summed E-state index contributed by atoms with van der Waals surface area (Å²) < 4.78 is 4.95. The number of nitrogens with one attached hydrogen (secondary N) is 1. The summed E-state index contributed by atoms with van der Waals surface area (Å²) in [6.45, 7) is 5.51. The van der Waals surface area contributed by atoms with Crippen molar-refractivity contribution in [2.45, 2.75) is 13.8 Å². The van der Waals surface area contributed by atoms with Crippen molar-refractivity contribution < 1.29 is 9.21 Å². The molecule has 82 valence electrons. The summed E-state index contributed by atoms with van der Waals surface area (Å²) in [6.07, 6.45) is 1.45. The van der Waals surface area contributed by atoms with E-state index in [0.717, 1.165) is 13.1 Å². The van der Waals surface area contributed by atoms with E-state index in [1.54, 1.807) is 12.1 Å². The highest BCUT2D eigenvalue weighted by molar-refractivity contribution is 7.80. The van der Waals surface area contributed by atoms with Crippen molar-refractivity contribution in [1.29, 1.82) is 0 Å². The van der Waals surface area contributed by atoms with Crippen molar-refractivity contribution in [3.63, 3.8) is 0 Å². The van der Waals surface area contributed by atoms with E-state index in [9.17, 15) is 4.79 Å². The van der Waals surface area contributed by atoms with E-state index in [0.29, 0.717) is 5.11 Å². The number of carbonyl (C=O) groups excluding carboxylic acids is 1. The Hall–Kier alpha value is -1.36. The number of hydrogen-bond acceptors (Lipinski definition) is 3. The lowest BCUT2D eigenvalue weighted by Crippen LogP contribution is -2.42. The lowest BCUT2D eigenvalue weighted by Gasteiger charge is -2.21. The predicted octanol–water partition coefficient (Wildman–Crippen LogP) is 1.64. The molecule has 0 radical (unpaired) electrons. The molecule has 0 atom stereocenters. The Morgan fingerprint density at radius 1 is 1.53 bits per heavy atom. The minimum atomic E-state index is -0.308. The van der Waals surface area contributed by atoms with Crippen LogP contribution in [0.2, 0.25) is 0 Å². The smallest absolute Gasteiger partial charge is 0.293 e. The van der Waals surface area contributed by atoms with E-state index in [-0.39, 0.29) is 11.7 Å². The molecule has 0 saturated heterocycles. The van der Waals surface area contributed by atoms with Crippen molar-refractivity contribution in [2.24, 2.45) is 0 Å². The molecule has 1 rings (SSSR count). The van der Waals surface area contributed by atoms with Gasteiger partial charge in [0.25, 0.3) is 5.91 Å². The molecule has 0 unspecified atom stereocenters. The summed E-state index contributed by atoms with van der Waals surface area (Å²) in [5, 5.41) is 3.04. The van der Waals surface area contributed by atoms with Gasteiger partial charge in [-0.05, 0) is 38.2 Å². The summed E-state index contributed by atoms with van der Waals surface area (Å²) >= 11 is 5.08. The number of amides is 1. The number of thiocarbonyl (C=S) groups is 1. The Morgan fingerprint density at radius 3 is 2.67 bits per heavy atom. The van der Waals surface area contributed by atoms with Crippen LogP contribution >= 0.6 is 12.2 Å². The Bertz CT molecular complexity index is 331. The largest absolute Gasteiger partial charge is 0.459 e. The van der Waals surface area contributed by atoms with Crippen LogP contribution < -0.4 is 5.32 Å². The van der Waals surface area contributed by atoms with E-state index in [2.05, 4.69) is 5.32 Å². The van der Waals surface area contributed by atoms with Gasteiger partial charge in [-0.15, -0.1) is 0 Å². The first-order valence-corrected chi connectivity index (χ1v) is 5.23. The second kappa shape index (κ2) is 5.50. The number of nitrogens with zero attached hydrogens (tertiary/aromatic N) is 1. The molecule has 0 aromatic carbocycles. The SMILES string of the molecule is CCN(CC)C(=S)NC(=O)c1ccco1. The van der Waals surface area contributed by atoms with Gasteiger partial charge < -0.3 is 9.32 Å². The fourth-order valence-electron chi connectivity index (χ4n) is 1.16. The zero-order valence-corrected chi connectivity index (χ0v) is 9.63. The molecule has 4 nitrogen and oxygen atoms in total. The number of hydrogen-bond donors (Lipinski definition) is 1. The highest BCUT2D eigenvalue weighted by Gasteiger charge is 2.12. The molecule has 1 N–H and O–H groups in total. The molecule has 0 aliphatic heterocycles.